The number of Topliss-reactive ketones (excluding diaryl/α,β-unsaturated/α-hetero) is 9. The summed E-state index contributed by atoms with van der Waals surface area (Å²) in [5.41, 5.74) is 0.604. The second kappa shape index (κ2) is 29.8. The fourth-order valence-electron chi connectivity index (χ4n) is 2.79. The quantitative estimate of drug-likeness (QED) is 0.151. The molecule has 0 aliphatic heterocycles. The Morgan fingerprint density at radius 2 is 0.933 bits per heavy atom. The monoisotopic (exact) mass is 634 g/mol. The van der Waals surface area contributed by atoms with Gasteiger partial charge in [-0.1, -0.05) is 51.1 Å². The van der Waals surface area contributed by atoms with E-state index in [-0.39, 0.29) is 84.2 Å². The number of benzene rings is 1. The number of ether oxygens (including phenoxy) is 1. The van der Waals surface area contributed by atoms with E-state index >= 15 is 0 Å². The van der Waals surface area contributed by atoms with Gasteiger partial charge >= 0.3 is 5.97 Å². The Bertz CT molecular complexity index is 1090. The first-order chi connectivity index (χ1) is 20.7. The van der Waals surface area contributed by atoms with Crippen LogP contribution in [0, 0.1) is 5.92 Å². The molecule has 0 fully saturated rings. The van der Waals surface area contributed by atoms with Gasteiger partial charge in [0.25, 0.3) is 0 Å². The van der Waals surface area contributed by atoms with Crippen molar-refractivity contribution in [3.8, 4) is 0 Å². The standard InChI is InChI=1S/C10H10O2.C8H14O2.C6H10O2.C5H8O3.C5H8O2/c1-8(11)7-10(12)9-5-3-2-4-6-9;1-6(2)4-8(10)5-7(3)9;1-3-6(8)4-5(2)7;1-4(6)3-5(7)8-2;1-4(6)3-5(2)7/h2-6H,7H2,1H3;6H,4-5H2,1-3H3;3-4H2,1-2H3;3H2,1-2H3;3H2,1-2H3. The number of ketones is 9. The lowest BCUT2D eigenvalue weighted by Gasteiger charge is -2.00. The largest absolute Gasteiger partial charge is 0.469 e. The van der Waals surface area contributed by atoms with Crippen LogP contribution in [0.1, 0.15) is 118 Å². The SMILES string of the molecule is CC(=O)CC(=O)CC(C)C.CC(=O)CC(=O)c1ccccc1.CC(=O)CC(C)=O.CCC(=O)CC(C)=O.COC(=O)CC(C)=O. The Balaban J connectivity index is -0.000000237. The van der Waals surface area contributed by atoms with Crippen LogP contribution in [0.3, 0.4) is 0 Å². The number of esters is 1. The Labute approximate surface area is 266 Å². The van der Waals surface area contributed by atoms with E-state index in [1.54, 1.807) is 31.2 Å². The summed E-state index contributed by atoms with van der Waals surface area (Å²) in [5, 5.41) is 0. The van der Waals surface area contributed by atoms with Gasteiger partial charge < -0.3 is 4.74 Å². The van der Waals surface area contributed by atoms with Crippen molar-refractivity contribution in [2.24, 2.45) is 5.92 Å². The van der Waals surface area contributed by atoms with Crippen LogP contribution < -0.4 is 0 Å². The van der Waals surface area contributed by atoms with E-state index in [1.165, 1.54) is 48.7 Å². The summed E-state index contributed by atoms with van der Waals surface area (Å²) in [6.45, 7) is 14.1. The third-order valence-corrected chi connectivity index (χ3v) is 4.55. The third kappa shape index (κ3) is 44.3. The van der Waals surface area contributed by atoms with E-state index in [1.807, 2.05) is 19.9 Å². The second-order valence-electron chi connectivity index (χ2n) is 10.5. The van der Waals surface area contributed by atoms with Crippen LogP contribution in [-0.4, -0.2) is 65.1 Å². The molecule has 45 heavy (non-hydrogen) atoms. The lowest BCUT2D eigenvalue weighted by Crippen LogP contribution is -2.06. The van der Waals surface area contributed by atoms with Crippen molar-refractivity contribution in [3.05, 3.63) is 35.9 Å². The van der Waals surface area contributed by atoms with Crippen LogP contribution in [0.2, 0.25) is 0 Å². The van der Waals surface area contributed by atoms with E-state index in [0.717, 1.165) is 0 Å². The molecule has 0 aliphatic carbocycles. The van der Waals surface area contributed by atoms with Crippen LogP contribution in [0.25, 0.3) is 0 Å². The highest BCUT2D eigenvalue weighted by atomic mass is 16.5. The van der Waals surface area contributed by atoms with Crippen LogP contribution in [0.15, 0.2) is 30.3 Å². The Morgan fingerprint density at radius 1 is 0.556 bits per heavy atom. The number of hydrogen-bond acceptors (Lipinski definition) is 11. The average molecular weight is 635 g/mol. The van der Waals surface area contributed by atoms with Gasteiger partial charge in [-0.05, 0) is 47.5 Å². The molecule has 0 spiro atoms. The first-order valence-electron chi connectivity index (χ1n) is 14.3. The molecule has 11 heteroatoms. The summed E-state index contributed by atoms with van der Waals surface area (Å²) in [6.07, 6.45) is 1.19. The number of methoxy groups -OCH3 is 1. The minimum absolute atomic E-state index is 0.00398. The zero-order valence-electron chi connectivity index (χ0n) is 28.4. The highest BCUT2D eigenvalue weighted by molar-refractivity contribution is 6.07. The van der Waals surface area contributed by atoms with Gasteiger partial charge in [0.1, 0.15) is 52.7 Å². The predicted molar refractivity (Wildman–Crippen MR) is 170 cm³/mol. The van der Waals surface area contributed by atoms with E-state index in [9.17, 15) is 47.9 Å². The molecule has 0 aliphatic rings. The third-order valence-electron chi connectivity index (χ3n) is 4.55. The first kappa shape index (κ1) is 47.6. The van der Waals surface area contributed by atoms with Crippen molar-refractivity contribution < 1.29 is 52.7 Å². The van der Waals surface area contributed by atoms with Gasteiger partial charge in [-0.15, -0.1) is 0 Å². The molecule has 0 heterocycles. The summed E-state index contributed by atoms with van der Waals surface area (Å²) in [7, 11) is 1.26. The molecular weight excluding hydrogens is 584 g/mol. The van der Waals surface area contributed by atoms with E-state index in [4.69, 9.17) is 0 Å². The van der Waals surface area contributed by atoms with E-state index in [2.05, 4.69) is 4.74 Å². The topological polar surface area (TPSA) is 180 Å². The van der Waals surface area contributed by atoms with Crippen molar-refractivity contribution in [2.45, 2.75) is 107 Å². The number of carbonyl (C=O) groups excluding carboxylic acids is 10. The average Bonchev–Trinajstić information content (AvgIpc) is 2.87. The van der Waals surface area contributed by atoms with Gasteiger partial charge in [-0.25, -0.2) is 0 Å². The molecule has 0 radical (unpaired) electrons. The first-order valence-corrected chi connectivity index (χ1v) is 14.3. The molecule has 0 saturated heterocycles. The molecule has 0 bridgehead atoms. The predicted octanol–water partition coefficient (Wildman–Crippen LogP) is 5.07. The second-order valence-corrected chi connectivity index (χ2v) is 10.5. The van der Waals surface area contributed by atoms with Crippen molar-refractivity contribution in [2.75, 3.05) is 7.11 Å². The molecule has 1 rings (SSSR count). The zero-order chi connectivity index (χ0) is 36.1. The molecule has 0 aromatic heterocycles. The zero-order valence-corrected chi connectivity index (χ0v) is 28.4. The smallest absolute Gasteiger partial charge is 0.313 e. The van der Waals surface area contributed by atoms with Crippen molar-refractivity contribution in [1.29, 1.82) is 0 Å². The summed E-state index contributed by atoms with van der Waals surface area (Å²) in [5.74, 6) is -0.601. The van der Waals surface area contributed by atoms with Crippen molar-refractivity contribution in [1.82, 2.24) is 0 Å². The van der Waals surface area contributed by atoms with Crippen molar-refractivity contribution in [3.63, 3.8) is 0 Å². The summed E-state index contributed by atoms with van der Waals surface area (Å²) in [4.78, 5) is 104. The lowest BCUT2D eigenvalue weighted by atomic mass is 10.0. The molecule has 0 saturated carbocycles. The molecule has 1 aromatic rings. The maximum atomic E-state index is 11.2. The van der Waals surface area contributed by atoms with Gasteiger partial charge in [0.15, 0.2) is 5.78 Å². The van der Waals surface area contributed by atoms with Crippen LogP contribution >= 0.6 is 0 Å². The summed E-state index contributed by atoms with van der Waals surface area (Å²) in [6, 6.07) is 8.84. The summed E-state index contributed by atoms with van der Waals surface area (Å²) < 4.78 is 4.20. The molecule has 0 N–H and O–H groups in total. The van der Waals surface area contributed by atoms with Gasteiger partial charge in [0.05, 0.1) is 32.8 Å². The Kier molecular flexibility index (Phi) is 31.5. The fraction of sp³-hybridized carbons (Fsp3) is 0.529. The maximum Gasteiger partial charge on any atom is 0.313 e. The summed E-state index contributed by atoms with van der Waals surface area (Å²) >= 11 is 0. The Morgan fingerprint density at radius 3 is 1.18 bits per heavy atom. The fourth-order valence-corrected chi connectivity index (χ4v) is 2.79. The normalized spacial score (nSPS) is 9.04. The minimum atomic E-state index is -0.475. The molecule has 1 aromatic carbocycles. The van der Waals surface area contributed by atoms with Gasteiger partial charge in [0, 0.05) is 18.4 Å². The minimum Gasteiger partial charge on any atom is -0.469 e. The molecule has 11 nitrogen and oxygen atoms in total. The molecule has 0 unspecified atom stereocenters. The van der Waals surface area contributed by atoms with Gasteiger partial charge in [-0.2, -0.15) is 0 Å². The number of rotatable bonds is 14. The number of carbonyl (C=O) groups is 10. The van der Waals surface area contributed by atoms with Crippen molar-refractivity contribution >= 4 is 58.0 Å². The highest BCUT2D eigenvalue weighted by Gasteiger charge is 2.07. The van der Waals surface area contributed by atoms with Gasteiger partial charge in [0.2, 0.25) is 0 Å². The van der Waals surface area contributed by atoms with Crippen LogP contribution in [0.5, 0.6) is 0 Å². The molecule has 0 amide bonds. The van der Waals surface area contributed by atoms with Gasteiger partial charge in [-0.3, -0.25) is 47.9 Å². The molecule has 0 atom stereocenters. The molecular formula is C34H50O11. The van der Waals surface area contributed by atoms with E-state index in [0.29, 0.717) is 24.3 Å². The lowest BCUT2D eigenvalue weighted by molar-refractivity contribution is -0.143. The Hall–Kier alpha value is -4.28. The maximum absolute atomic E-state index is 11.2. The highest BCUT2D eigenvalue weighted by Crippen LogP contribution is 2.03. The number of hydrogen-bond donors (Lipinski definition) is 0. The van der Waals surface area contributed by atoms with Crippen LogP contribution in [-0.2, 0) is 47.9 Å². The van der Waals surface area contributed by atoms with E-state index < -0.39 is 5.97 Å². The van der Waals surface area contributed by atoms with Crippen LogP contribution in [0.4, 0.5) is 0 Å². The molecule has 252 valence electrons.